The quantitative estimate of drug-likeness (QED) is 0.894. The Morgan fingerprint density at radius 3 is 2.50 bits per heavy atom. The molecule has 136 valence electrons. The molecular formula is C21H23NO4. The molecule has 0 saturated heterocycles. The van der Waals surface area contributed by atoms with E-state index in [0.29, 0.717) is 19.5 Å². The van der Waals surface area contributed by atoms with Crippen LogP contribution in [0.15, 0.2) is 42.5 Å². The molecule has 26 heavy (non-hydrogen) atoms. The van der Waals surface area contributed by atoms with Gasteiger partial charge in [0.25, 0.3) is 0 Å². The largest absolute Gasteiger partial charge is 0.497 e. The lowest BCUT2D eigenvalue weighted by atomic mass is 9.92. The molecule has 3 rings (SSSR count). The molecule has 0 aromatic heterocycles. The standard InChI is InChI=1S/C21H23NO4/c1-3-19(15-6-8-18(26-2)9-7-15)20(23)22-11-10-14-4-5-16(21(24)25)12-17(14)13-22/h4-9,12,19H,3,10-11,13H2,1-2H3,(H,24,25). The van der Waals surface area contributed by atoms with Crippen LogP contribution >= 0.6 is 0 Å². The van der Waals surface area contributed by atoms with Crippen molar-refractivity contribution in [1.82, 2.24) is 4.90 Å². The van der Waals surface area contributed by atoms with Crippen LogP contribution in [-0.2, 0) is 17.8 Å². The number of aromatic carboxylic acids is 1. The van der Waals surface area contributed by atoms with Crippen LogP contribution < -0.4 is 4.74 Å². The molecule has 1 aliphatic rings. The number of carbonyl (C=O) groups excluding carboxylic acids is 1. The van der Waals surface area contributed by atoms with Crippen LogP contribution in [0.25, 0.3) is 0 Å². The Labute approximate surface area is 153 Å². The first-order valence-corrected chi connectivity index (χ1v) is 8.81. The molecule has 1 heterocycles. The predicted octanol–water partition coefficient (Wildman–Crippen LogP) is 3.47. The normalized spacial score (nSPS) is 14.5. The van der Waals surface area contributed by atoms with E-state index in [2.05, 4.69) is 0 Å². The van der Waals surface area contributed by atoms with Gasteiger partial charge in [-0.25, -0.2) is 4.79 Å². The van der Waals surface area contributed by atoms with Crippen molar-refractivity contribution in [3.05, 3.63) is 64.7 Å². The summed E-state index contributed by atoms with van der Waals surface area (Å²) in [4.78, 5) is 26.1. The van der Waals surface area contributed by atoms with Gasteiger partial charge >= 0.3 is 5.97 Å². The minimum Gasteiger partial charge on any atom is -0.497 e. The van der Waals surface area contributed by atoms with Crippen molar-refractivity contribution in [2.75, 3.05) is 13.7 Å². The molecule has 0 fully saturated rings. The van der Waals surface area contributed by atoms with Gasteiger partial charge in [0, 0.05) is 13.1 Å². The maximum atomic E-state index is 13.1. The van der Waals surface area contributed by atoms with Crippen molar-refractivity contribution in [2.45, 2.75) is 32.2 Å². The van der Waals surface area contributed by atoms with E-state index >= 15 is 0 Å². The number of carboxylic acid groups (broad SMARTS) is 1. The summed E-state index contributed by atoms with van der Waals surface area (Å²) in [6.07, 6.45) is 1.46. The van der Waals surface area contributed by atoms with Crippen molar-refractivity contribution >= 4 is 11.9 Å². The second kappa shape index (κ2) is 7.60. The van der Waals surface area contributed by atoms with Crippen molar-refractivity contribution in [3.8, 4) is 5.75 Å². The smallest absolute Gasteiger partial charge is 0.335 e. The molecule has 1 N–H and O–H groups in total. The molecule has 0 bridgehead atoms. The molecule has 5 heteroatoms. The van der Waals surface area contributed by atoms with E-state index in [-0.39, 0.29) is 17.4 Å². The van der Waals surface area contributed by atoms with Crippen LogP contribution in [0.3, 0.4) is 0 Å². The number of benzene rings is 2. The summed E-state index contributed by atoms with van der Waals surface area (Å²) in [5, 5.41) is 9.19. The minimum atomic E-state index is -0.944. The first-order chi connectivity index (χ1) is 12.5. The van der Waals surface area contributed by atoms with Gasteiger partial charge in [0.1, 0.15) is 5.75 Å². The highest BCUT2D eigenvalue weighted by atomic mass is 16.5. The monoisotopic (exact) mass is 353 g/mol. The van der Waals surface area contributed by atoms with Crippen LogP contribution in [0.5, 0.6) is 5.75 Å². The van der Waals surface area contributed by atoms with Crippen LogP contribution in [0.1, 0.15) is 46.3 Å². The molecule has 0 spiro atoms. The lowest BCUT2D eigenvalue weighted by Crippen LogP contribution is -2.39. The third kappa shape index (κ3) is 3.57. The van der Waals surface area contributed by atoms with E-state index < -0.39 is 5.97 Å². The molecule has 1 unspecified atom stereocenters. The zero-order valence-electron chi connectivity index (χ0n) is 15.1. The van der Waals surface area contributed by atoms with Crippen LogP contribution in [0.4, 0.5) is 0 Å². The van der Waals surface area contributed by atoms with Gasteiger partial charge in [0.2, 0.25) is 5.91 Å². The number of nitrogens with zero attached hydrogens (tertiary/aromatic N) is 1. The summed E-state index contributed by atoms with van der Waals surface area (Å²) >= 11 is 0. The van der Waals surface area contributed by atoms with E-state index in [9.17, 15) is 14.7 Å². The maximum Gasteiger partial charge on any atom is 0.335 e. The highest BCUT2D eigenvalue weighted by Gasteiger charge is 2.27. The minimum absolute atomic E-state index is 0.0871. The zero-order chi connectivity index (χ0) is 18.7. The average molecular weight is 353 g/mol. The number of methoxy groups -OCH3 is 1. The molecule has 1 atom stereocenters. The van der Waals surface area contributed by atoms with E-state index in [1.54, 1.807) is 19.2 Å². The van der Waals surface area contributed by atoms with Gasteiger partial charge in [-0.2, -0.15) is 0 Å². The summed E-state index contributed by atoms with van der Waals surface area (Å²) in [5.74, 6) is -0.292. The van der Waals surface area contributed by atoms with Crippen LogP contribution in [-0.4, -0.2) is 35.5 Å². The summed E-state index contributed by atoms with van der Waals surface area (Å²) in [7, 11) is 1.62. The predicted molar refractivity (Wildman–Crippen MR) is 98.5 cm³/mol. The van der Waals surface area contributed by atoms with E-state index in [1.807, 2.05) is 42.2 Å². The van der Waals surface area contributed by atoms with Crippen molar-refractivity contribution < 1.29 is 19.4 Å². The first kappa shape index (κ1) is 18.0. The fraction of sp³-hybridized carbons (Fsp3) is 0.333. The Balaban J connectivity index is 1.80. The number of carboxylic acids is 1. The van der Waals surface area contributed by atoms with E-state index in [4.69, 9.17) is 4.74 Å². The Hall–Kier alpha value is -2.82. The number of rotatable bonds is 5. The number of carbonyl (C=O) groups is 2. The van der Waals surface area contributed by atoms with Gasteiger partial charge in [-0.15, -0.1) is 0 Å². The molecule has 0 radical (unpaired) electrons. The van der Waals surface area contributed by atoms with Crippen molar-refractivity contribution in [2.24, 2.45) is 0 Å². The highest BCUT2D eigenvalue weighted by Crippen LogP contribution is 2.28. The second-order valence-corrected chi connectivity index (χ2v) is 6.53. The number of hydrogen-bond acceptors (Lipinski definition) is 3. The molecular weight excluding hydrogens is 330 g/mol. The molecule has 0 saturated carbocycles. The fourth-order valence-electron chi connectivity index (χ4n) is 3.49. The van der Waals surface area contributed by atoms with Crippen molar-refractivity contribution in [3.63, 3.8) is 0 Å². The molecule has 1 aliphatic heterocycles. The Bertz CT molecular complexity index is 813. The molecule has 2 aromatic rings. The Morgan fingerprint density at radius 1 is 1.15 bits per heavy atom. The highest BCUT2D eigenvalue weighted by molar-refractivity contribution is 5.88. The average Bonchev–Trinajstić information content (AvgIpc) is 2.68. The summed E-state index contributed by atoms with van der Waals surface area (Å²) in [6.45, 7) is 3.13. The van der Waals surface area contributed by atoms with Gasteiger partial charge in [-0.3, -0.25) is 4.79 Å². The fourth-order valence-corrected chi connectivity index (χ4v) is 3.49. The number of fused-ring (bicyclic) bond motifs is 1. The maximum absolute atomic E-state index is 13.1. The van der Waals surface area contributed by atoms with Gasteiger partial charge in [0.05, 0.1) is 18.6 Å². The van der Waals surface area contributed by atoms with Crippen LogP contribution in [0.2, 0.25) is 0 Å². The second-order valence-electron chi connectivity index (χ2n) is 6.53. The molecule has 0 aliphatic carbocycles. The first-order valence-electron chi connectivity index (χ1n) is 8.81. The lowest BCUT2D eigenvalue weighted by molar-refractivity contribution is -0.133. The Kier molecular flexibility index (Phi) is 5.26. The van der Waals surface area contributed by atoms with E-state index in [1.165, 1.54) is 0 Å². The van der Waals surface area contributed by atoms with E-state index in [0.717, 1.165) is 28.9 Å². The third-order valence-electron chi connectivity index (χ3n) is 5.00. The molecule has 1 amide bonds. The third-order valence-corrected chi connectivity index (χ3v) is 5.00. The molecule has 5 nitrogen and oxygen atoms in total. The lowest BCUT2D eigenvalue weighted by Gasteiger charge is -2.32. The zero-order valence-corrected chi connectivity index (χ0v) is 15.1. The van der Waals surface area contributed by atoms with Gasteiger partial charge in [0.15, 0.2) is 0 Å². The Morgan fingerprint density at radius 2 is 1.88 bits per heavy atom. The topological polar surface area (TPSA) is 66.8 Å². The summed E-state index contributed by atoms with van der Waals surface area (Å²) in [5.41, 5.74) is 3.29. The summed E-state index contributed by atoms with van der Waals surface area (Å²) < 4.78 is 5.19. The van der Waals surface area contributed by atoms with Gasteiger partial charge in [-0.1, -0.05) is 25.1 Å². The summed E-state index contributed by atoms with van der Waals surface area (Å²) in [6, 6.07) is 12.8. The SMILES string of the molecule is CCC(C(=O)N1CCc2ccc(C(=O)O)cc2C1)c1ccc(OC)cc1. The van der Waals surface area contributed by atoms with Gasteiger partial charge < -0.3 is 14.7 Å². The molecule has 2 aromatic carbocycles. The van der Waals surface area contributed by atoms with Gasteiger partial charge in [-0.05, 0) is 53.8 Å². The number of hydrogen-bond donors (Lipinski definition) is 1. The number of ether oxygens (including phenoxy) is 1. The van der Waals surface area contributed by atoms with Crippen molar-refractivity contribution in [1.29, 1.82) is 0 Å². The number of amides is 1. The van der Waals surface area contributed by atoms with Crippen LogP contribution in [0, 0.1) is 0 Å².